The fourth-order valence-corrected chi connectivity index (χ4v) is 5.26. The van der Waals surface area contributed by atoms with Crippen molar-refractivity contribution < 1.29 is 18.4 Å². The number of carbonyl (C=O) groups is 1. The Morgan fingerprint density at radius 2 is 1.90 bits per heavy atom. The Morgan fingerprint density at radius 1 is 1.20 bits per heavy atom. The average molecular weight is 302 g/mol. The van der Waals surface area contributed by atoms with Crippen molar-refractivity contribution in [3.63, 3.8) is 0 Å². The Hall–Kier alpha value is -0.180. The van der Waals surface area contributed by atoms with E-state index in [0.717, 1.165) is 44.9 Å². The summed E-state index contributed by atoms with van der Waals surface area (Å²) in [4.78, 5) is 12.5. The molecular weight excluding hydrogens is 275 g/mol. The van der Waals surface area contributed by atoms with E-state index in [-0.39, 0.29) is 23.5 Å². The van der Waals surface area contributed by atoms with E-state index in [2.05, 4.69) is 13.8 Å². The zero-order valence-electron chi connectivity index (χ0n) is 12.7. The Morgan fingerprint density at radius 3 is 2.50 bits per heavy atom. The third-order valence-corrected chi connectivity index (χ3v) is 6.52. The molecule has 2 aliphatic rings. The molecule has 2 rings (SSSR count). The molecule has 1 saturated heterocycles. The molecule has 5 heteroatoms. The molecule has 0 radical (unpaired) electrons. The molecule has 1 aliphatic heterocycles. The minimum Gasteiger partial charge on any atom is -0.303 e. The van der Waals surface area contributed by atoms with E-state index in [1.54, 1.807) is 0 Å². The molecule has 4 nitrogen and oxygen atoms in total. The Balaban J connectivity index is 2.05. The first-order chi connectivity index (χ1) is 9.60. The number of carbonyl (C=O) groups excluding carboxylic acids is 1. The van der Waals surface area contributed by atoms with Gasteiger partial charge in [0.25, 0.3) is 0 Å². The maximum Gasteiger partial charge on any atom is 0.397 e. The van der Waals surface area contributed by atoms with Crippen LogP contribution in [0.1, 0.15) is 65.2 Å². The molecule has 0 aromatic carbocycles. The van der Waals surface area contributed by atoms with Crippen molar-refractivity contribution in [1.82, 2.24) is 0 Å². The highest BCUT2D eigenvalue weighted by atomic mass is 31.2. The molecule has 116 valence electrons. The first-order valence-corrected chi connectivity index (χ1v) is 9.62. The molecule has 0 N–H and O–H groups in total. The van der Waals surface area contributed by atoms with Crippen molar-refractivity contribution in [3.05, 3.63) is 0 Å². The molecule has 0 amide bonds. The summed E-state index contributed by atoms with van der Waals surface area (Å²) in [6.45, 7) is 4.57. The SMILES string of the molecule is CCCC1OP(=O)(C(=O)C2CCCCC2)OCC1CC. The molecule has 0 bridgehead atoms. The summed E-state index contributed by atoms with van der Waals surface area (Å²) in [6.07, 6.45) is 7.61. The Labute approximate surface area is 122 Å². The van der Waals surface area contributed by atoms with Crippen LogP contribution < -0.4 is 0 Å². The number of hydrogen-bond acceptors (Lipinski definition) is 4. The summed E-state index contributed by atoms with van der Waals surface area (Å²) in [6, 6.07) is 0. The molecule has 0 aromatic heterocycles. The van der Waals surface area contributed by atoms with Gasteiger partial charge in [-0.3, -0.25) is 13.9 Å². The lowest BCUT2D eigenvalue weighted by atomic mass is 9.90. The molecule has 0 spiro atoms. The predicted octanol–water partition coefficient (Wildman–Crippen LogP) is 4.53. The number of rotatable bonds is 5. The van der Waals surface area contributed by atoms with Crippen LogP contribution in [0.4, 0.5) is 0 Å². The van der Waals surface area contributed by atoms with Crippen LogP contribution in [-0.4, -0.2) is 18.2 Å². The van der Waals surface area contributed by atoms with Gasteiger partial charge in [-0.2, -0.15) is 0 Å². The summed E-state index contributed by atoms with van der Waals surface area (Å²) in [7, 11) is -3.55. The normalized spacial score (nSPS) is 35.9. The summed E-state index contributed by atoms with van der Waals surface area (Å²) in [5.74, 6) is 0.145. The van der Waals surface area contributed by atoms with Gasteiger partial charge in [-0.25, -0.2) is 0 Å². The lowest BCUT2D eigenvalue weighted by Gasteiger charge is -2.36. The van der Waals surface area contributed by atoms with Crippen molar-refractivity contribution in [2.75, 3.05) is 6.61 Å². The monoisotopic (exact) mass is 302 g/mol. The maximum absolute atomic E-state index is 12.8. The second-order valence-corrected chi connectivity index (χ2v) is 7.97. The van der Waals surface area contributed by atoms with Crippen LogP contribution in [0.25, 0.3) is 0 Å². The highest BCUT2D eigenvalue weighted by molar-refractivity contribution is 7.71. The van der Waals surface area contributed by atoms with Gasteiger partial charge in [0, 0.05) is 11.8 Å². The van der Waals surface area contributed by atoms with E-state index in [4.69, 9.17) is 9.05 Å². The second kappa shape index (κ2) is 7.20. The minimum atomic E-state index is -3.55. The third-order valence-electron chi connectivity index (χ3n) is 4.58. The maximum atomic E-state index is 12.8. The van der Waals surface area contributed by atoms with E-state index in [0.29, 0.717) is 6.61 Å². The highest BCUT2D eigenvalue weighted by Crippen LogP contribution is 2.58. The summed E-state index contributed by atoms with van der Waals surface area (Å²) >= 11 is 0. The fraction of sp³-hybridized carbons (Fsp3) is 0.933. The van der Waals surface area contributed by atoms with Crippen molar-refractivity contribution in [3.8, 4) is 0 Å². The first-order valence-electron chi connectivity index (χ1n) is 8.08. The number of hydrogen-bond donors (Lipinski definition) is 0. The van der Waals surface area contributed by atoms with Crippen LogP contribution >= 0.6 is 7.60 Å². The lowest BCUT2D eigenvalue weighted by Crippen LogP contribution is -2.34. The van der Waals surface area contributed by atoms with Gasteiger partial charge < -0.3 is 4.52 Å². The molecule has 1 aliphatic carbocycles. The molecule has 0 aromatic rings. The fourth-order valence-electron chi connectivity index (χ4n) is 3.24. The van der Waals surface area contributed by atoms with Gasteiger partial charge in [-0.05, 0) is 25.7 Å². The highest BCUT2D eigenvalue weighted by Gasteiger charge is 2.46. The van der Waals surface area contributed by atoms with E-state index in [1.807, 2.05) is 0 Å². The standard InChI is InChI=1S/C15H27O4P/c1-3-8-14-12(4-2)11-18-20(17,19-14)15(16)13-9-6-5-7-10-13/h12-14H,3-11H2,1-2H3. The van der Waals surface area contributed by atoms with Gasteiger partial charge in [0.15, 0.2) is 0 Å². The molecule has 1 saturated carbocycles. The zero-order chi connectivity index (χ0) is 14.6. The molecule has 3 unspecified atom stereocenters. The van der Waals surface area contributed by atoms with Crippen LogP contribution in [0.2, 0.25) is 0 Å². The van der Waals surface area contributed by atoms with Crippen molar-refractivity contribution in [1.29, 1.82) is 0 Å². The van der Waals surface area contributed by atoms with E-state index in [1.165, 1.54) is 6.42 Å². The van der Waals surface area contributed by atoms with Crippen LogP contribution in [0, 0.1) is 11.8 Å². The van der Waals surface area contributed by atoms with E-state index >= 15 is 0 Å². The van der Waals surface area contributed by atoms with Gasteiger partial charge in [0.2, 0.25) is 5.52 Å². The lowest BCUT2D eigenvalue weighted by molar-refractivity contribution is -0.120. The predicted molar refractivity (Wildman–Crippen MR) is 78.7 cm³/mol. The largest absolute Gasteiger partial charge is 0.397 e. The molecule has 3 atom stereocenters. The van der Waals surface area contributed by atoms with E-state index in [9.17, 15) is 9.36 Å². The van der Waals surface area contributed by atoms with Gasteiger partial charge in [0.1, 0.15) is 0 Å². The smallest absolute Gasteiger partial charge is 0.303 e. The third kappa shape index (κ3) is 3.52. The van der Waals surface area contributed by atoms with Crippen LogP contribution in [0.15, 0.2) is 0 Å². The van der Waals surface area contributed by atoms with Crippen LogP contribution in [0.5, 0.6) is 0 Å². The molecule has 1 heterocycles. The van der Waals surface area contributed by atoms with Gasteiger partial charge in [-0.1, -0.05) is 39.5 Å². The van der Waals surface area contributed by atoms with Gasteiger partial charge >= 0.3 is 7.60 Å². The van der Waals surface area contributed by atoms with Crippen LogP contribution in [-0.2, 0) is 18.4 Å². The topological polar surface area (TPSA) is 52.6 Å². The molecular formula is C15H27O4P. The summed E-state index contributed by atoms with van der Waals surface area (Å²) < 4.78 is 23.9. The average Bonchev–Trinajstić information content (AvgIpc) is 2.48. The van der Waals surface area contributed by atoms with Crippen molar-refractivity contribution in [2.45, 2.75) is 71.3 Å². The first kappa shape index (κ1) is 16.2. The quantitative estimate of drug-likeness (QED) is 0.700. The van der Waals surface area contributed by atoms with Crippen molar-refractivity contribution >= 4 is 13.1 Å². The summed E-state index contributed by atoms with van der Waals surface area (Å²) in [5.41, 5.74) is -0.257. The second-order valence-electron chi connectivity index (χ2n) is 6.07. The Bertz CT molecular complexity index is 376. The van der Waals surface area contributed by atoms with E-state index < -0.39 is 7.60 Å². The Kier molecular flexibility index (Phi) is 5.83. The van der Waals surface area contributed by atoms with Gasteiger partial charge in [0.05, 0.1) is 12.7 Å². The van der Waals surface area contributed by atoms with Crippen LogP contribution in [0.3, 0.4) is 0 Å². The van der Waals surface area contributed by atoms with Crippen molar-refractivity contribution in [2.24, 2.45) is 11.8 Å². The summed E-state index contributed by atoms with van der Waals surface area (Å²) in [5, 5.41) is 0. The minimum absolute atomic E-state index is 0.0860. The zero-order valence-corrected chi connectivity index (χ0v) is 13.6. The molecule has 2 fully saturated rings. The van der Waals surface area contributed by atoms with Gasteiger partial charge in [-0.15, -0.1) is 0 Å². The molecule has 20 heavy (non-hydrogen) atoms.